The molecule has 0 bridgehead atoms. The maximum atomic E-state index is 13.1. The molecule has 0 spiro atoms. The smallest absolute Gasteiger partial charge is 0.490 e. The van der Waals surface area contributed by atoms with Gasteiger partial charge < -0.3 is 65.1 Å². The zero-order chi connectivity index (χ0) is 57.8. The number of likely N-dealkylation sites (N-methyl/N-ethyl adjacent to an activating group) is 1. The third-order valence-corrected chi connectivity index (χ3v) is 18.0. The molecule has 432 valence electrons. The largest absolute Gasteiger partial charge is 0.748 e. The minimum Gasteiger partial charge on any atom is -0.748 e. The number of aliphatic hydroxyl groups excluding tert-OH is 2. The van der Waals surface area contributed by atoms with E-state index in [0.29, 0.717) is 84.2 Å². The number of phosphoric acid groups is 3. The van der Waals surface area contributed by atoms with Crippen LogP contribution in [-0.2, 0) is 46.5 Å². The number of benzene rings is 2. The number of fused-ring (bicyclic) bond motifs is 5. The number of aromatic amines is 1. The molecule has 0 saturated carbocycles. The van der Waals surface area contributed by atoms with Crippen LogP contribution in [0.15, 0.2) is 46.2 Å². The number of nitrogens with two attached hydrogens (primary N) is 1. The molecule has 4 aliphatic rings. The maximum absolute atomic E-state index is 13.1. The lowest BCUT2D eigenvalue weighted by atomic mass is 9.88. The summed E-state index contributed by atoms with van der Waals surface area (Å²) in [7, 11) is -21.8. The van der Waals surface area contributed by atoms with Crippen LogP contribution in [0.1, 0.15) is 97.4 Å². The number of nitrogens with zero attached hydrogens (tertiary/aromatic N) is 6. The summed E-state index contributed by atoms with van der Waals surface area (Å²) >= 11 is 0. The maximum Gasteiger partial charge on any atom is 0.490 e. The van der Waals surface area contributed by atoms with Gasteiger partial charge in [0.2, 0.25) is 23.2 Å². The van der Waals surface area contributed by atoms with Gasteiger partial charge in [-0.25, -0.2) is 36.7 Å². The van der Waals surface area contributed by atoms with Crippen LogP contribution in [0, 0.1) is 0 Å². The Morgan fingerprint density at radius 1 is 0.937 bits per heavy atom. The first-order valence-corrected chi connectivity index (χ1v) is 31.1. The van der Waals surface area contributed by atoms with Gasteiger partial charge in [-0.2, -0.15) is 13.6 Å². The first kappa shape index (κ1) is 59.9. The number of unbranched alkanes of at least 4 members (excludes halogenated alkanes) is 3. The highest BCUT2D eigenvalue weighted by atomic mass is 32.2. The Morgan fingerprint density at radius 2 is 1.65 bits per heavy atom. The molecule has 6 atom stereocenters. The summed E-state index contributed by atoms with van der Waals surface area (Å²) in [5, 5.41) is 29.0. The summed E-state index contributed by atoms with van der Waals surface area (Å²) in [6.07, 6.45) is 0.151. The number of hydrogen-bond donors (Lipinski definition) is 10. The van der Waals surface area contributed by atoms with Gasteiger partial charge in [0.15, 0.2) is 34.4 Å². The van der Waals surface area contributed by atoms with Crippen LogP contribution in [0.5, 0.6) is 11.5 Å². The van der Waals surface area contributed by atoms with Crippen LogP contribution in [0.3, 0.4) is 0 Å². The molecule has 4 aliphatic heterocycles. The Hall–Kier alpha value is -5.26. The van der Waals surface area contributed by atoms with E-state index in [2.05, 4.69) is 82.0 Å². The fraction of sp³-hybridized carbons (Fsp3) is 0.522. The predicted octanol–water partition coefficient (Wildman–Crippen LogP) is 2.52. The van der Waals surface area contributed by atoms with Gasteiger partial charge >= 0.3 is 23.5 Å². The number of imidazole rings is 1. The molecule has 2 aromatic heterocycles. The average Bonchev–Trinajstić information content (AvgIpc) is 3.94. The molecule has 0 radical (unpaired) electrons. The Balaban J connectivity index is 0.860. The third-order valence-electron chi connectivity index (χ3n) is 13.6. The monoisotopic (exact) mass is 1180 g/mol. The van der Waals surface area contributed by atoms with Crippen molar-refractivity contribution in [2.45, 2.75) is 116 Å². The quantitative estimate of drug-likeness (QED) is 0.0194. The van der Waals surface area contributed by atoms with Crippen LogP contribution in [0.2, 0.25) is 0 Å². The summed E-state index contributed by atoms with van der Waals surface area (Å²) < 4.78 is 99.1. The first-order valence-electron chi connectivity index (χ1n) is 25.0. The van der Waals surface area contributed by atoms with Crippen molar-refractivity contribution in [3.05, 3.63) is 68.6 Å². The van der Waals surface area contributed by atoms with Crippen LogP contribution >= 0.6 is 23.5 Å². The Kier molecular flexibility index (Phi) is 17.1. The molecule has 1 saturated heterocycles. The Bertz CT molecular complexity index is 3600. The molecule has 8 rings (SSSR count). The second kappa shape index (κ2) is 22.6. The third kappa shape index (κ3) is 13.7. The van der Waals surface area contributed by atoms with E-state index in [1.54, 1.807) is 12.1 Å². The fourth-order valence-corrected chi connectivity index (χ4v) is 14.0. The first-order chi connectivity index (χ1) is 36.7. The predicted molar refractivity (Wildman–Crippen MR) is 284 cm³/mol. The van der Waals surface area contributed by atoms with Gasteiger partial charge in [0.05, 0.1) is 39.6 Å². The Labute approximate surface area is 452 Å². The van der Waals surface area contributed by atoms with Crippen molar-refractivity contribution >= 4 is 85.1 Å². The molecule has 1 amide bonds. The van der Waals surface area contributed by atoms with Gasteiger partial charge in [0, 0.05) is 63.6 Å². The summed E-state index contributed by atoms with van der Waals surface area (Å²) in [4.78, 5) is 80.8. The van der Waals surface area contributed by atoms with Crippen molar-refractivity contribution in [1.82, 2.24) is 29.4 Å². The van der Waals surface area contributed by atoms with E-state index in [4.69, 9.17) is 30.0 Å². The van der Waals surface area contributed by atoms with E-state index >= 15 is 0 Å². The number of allylic oxidation sites excluding steroid dienone is 1. The minimum atomic E-state index is -5.86. The summed E-state index contributed by atoms with van der Waals surface area (Å²) in [6.45, 7) is 13.0. The van der Waals surface area contributed by atoms with Crippen LogP contribution < -0.4 is 46.9 Å². The number of aliphatic hydroxyl groups is 2. The SMILES string of the molecule is CCN1c2cc3c(cc2C(C)=CC1(C)C)N=c1cc2c(cc1O3)=[N+](CCCC(=O)NCCCCCCNc1nc3c(=O)[nH]c(N)nc3n1[C@@H]1O[C@H](COP(=O)(O)OP(=O)(O)OP(=O)(O)O)[C@@H](O)[C@H]1O)C(C)(C)C=C2CS(=O)(=O)[O-]. The highest BCUT2D eigenvalue weighted by Crippen LogP contribution is 2.66. The van der Waals surface area contributed by atoms with E-state index in [9.17, 15) is 56.3 Å². The van der Waals surface area contributed by atoms with E-state index in [1.807, 2.05) is 32.0 Å². The number of aromatic nitrogens is 4. The number of ether oxygens (including phenoxy) is 2. The van der Waals surface area contributed by atoms with E-state index in [1.165, 1.54) is 0 Å². The topological polar surface area (TPSA) is 425 Å². The number of nitrogens with one attached hydrogen (secondary N) is 3. The lowest BCUT2D eigenvalue weighted by Crippen LogP contribution is -2.50. The van der Waals surface area contributed by atoms with Gasteiger partial charge in [-0.1, -0.05) is 18.9 Å². The van der Waals surface area contributed by atoms with E-state index in [-0.39, 0.29) is 47.5 Å². The summed E-state index contributed by atoms with van der Waals surface area (Å²) in [5.74, 6) is -0.255. The zero-order valence-electron chi connectivity index (χ0n) is 43.8. The number of rotatable bonds is 23. The normalized spacial score (nSPS) is 21.8. The lowest BCUT2D eigenvalue weighted by molar-refractivity contribution is -0.121. The number of carbonyl (C=O) groups excluding carboxylic acids is 1. The second-order valence-corrected chi connectivity index (χ2v) is 26.3. The highest BCUT2D eigenvalue weighted by Gasteiger charge is 2.48. The molecule has 11 N–H and O–H groups in total. The number of H-pyrrole nitrogens is 1. The molecule has 2 aromatic carbocycles. The fourth-order valence-electron chi connectivity index (χ4n) is 10.3. The van der Waals surface area contributed by atoms with Gasteiger partial charge in [-0.05, 0) is 69.9 Å². The molecular formula is C46H63N10O19P3S. The number of carbonyl (C=O) groups is 1. The number of anilines is 3. The molecule has 33 heteroatoms. The van der Waals surface area contributed by atoms with Gasteiger partial charge in [0.25, 0.3) is 5.56 Å². The van der Waals surface area contributed by atoms with Crippen LogP contribution in [0.25, 0.3) is 22.3 Å². The van der Waals surface area contributed by atoms with Crippen molar-refractivity contribution in [3.8, 4) is 11.5 Å². The average molecular weight is 1190 g/mol. The van der Waals surface area contributed by atoms with E-state index < -0.39 is 81.6 Å². The molecular weight excluding hydrogens is 1120 g/mol. The van der Waals surface area contributed by atoms with Crippen LogP contribution in [0.4, 0.5) is 23.3 Å². The lowest BCUT2D eigenvalue weighted by Gasteiger charge is -2.43. The summed E-state index contributed by atoms with van der Waals surface area (Å²) in [6, 6.07) is 7.59. The zero-order valence-corrected chi connectivity index (χ0v) is 47.3. The van der Waals surface area contributed by atoms with Crippen molar-refractivity contribution in [1.29, 1.82) is 0 Å². The van der Waals surface area contributed by atoms with Crippen LogP contribution in [-0.4, -0.2) is 136 Å². The minimum absolute atomic E-state index is 0.0631. The molecule has 79 heavy (non-hydrogen) atoms. The van der Waals surface area contributed by atoms with Crippen molar-refractivity contribution in [2.24, 2.45) is 4.99 Å². The highest BCUT2D eigenvalue weighted by molar-refractivity contribution is 7.86. The number of nitrogen functional groups attached to an aromatic ring is 1. The number of hydrogen-bond acceptors (Lipinski definition) is 21. The molecule has 2 unspecified atom stereocenters. The second-order valence-electron chi connectivity index (χ2n) is 20.4. The number of phosphoric ester groups is 1. The molecule has 4 aromatic rings. The Morgan fingerprint density at radius 3 is 2.33 bits per heavy atom. The molecule has 6 heterocycles. The van der Waals surface area contributed by atoms with Gasteiger partial charge in [-0.3, -0.25) is 23.7 Å². The summed E-state index contributed by atoms with van der Waals surface area (Å²) in [5.41, 5.74) is 8.28. The molecule has 29 nitrogen and oxygen atoms in total. The van der Waals surface area contributed by atoms with Crippen molar-refractivity contribution in [3.63, 3.8) is 0 Å². The molecule has 1 fully saturated rings. The van der Waals surface area contributed by atoms with Gasteiger partial charge in [0.1, 0.15) is 35.9 Å². The molecule has 0 aliphatic carbocycles. The standard InChI is InChI=1S/C46H63N10O19P3S/c1-7-54-31-19-33-29(17-27(31)25(2)21-45(54,3)4)50-30-18-28-26(24-79(68,69)70)22-46(5,6)55(32(28)20-34(30)72-33)16-12-13-36(57)48-14-10-8-9-11-15-49-44-51-37-40(52-43(47)53-41(37)60)56(44)42-39(59)38(58)35(73-42)23-71-77(64,65)75-78(66,67)74-76(61,62)63/h17-22,35,38-39,42,50,58-59H,7-16,23-24H2,1-6H3,(H8,47,48,53,57,60,61,62,63,64,65,66,67,68,69,70)/t35-,38-,39-,42-/m1/s1. The van der Waals surface area contributed by atoms with E-state index in [0.717, 1.165) is 27.9 Å². The van der Waals surface area contributed by atoms with Crippen molar-refractivity contribution in [2.75, 3.05) is 54.5 Å². The van der Waals surface area contributed by atoms with Crippen molar-refractivity contribution < 1.29 is 83.9 Å². The van der Waals surface area contributed by atoms with Gasteiger partial charge in [-0.15, -0.1) is 0 Å². The number of amides is 1.